The van der Waals surface area contributed by atoms with Gasteiger partial charge in [-0.1, -0.05) is 13.8 Å². The van der Waals surface area contributed by atoms with Crippen molar-refractivity contribution in [3.8, 4) is 0 Å². The first kappa shape index (κ1) is 12.3. The van der Waals surface area contributed by atoms with Gasteiger partial charge in [-0.25, -0.2) is 0 Å². The molecule has 3 heterocycles. The first-order valence-corrected chi connectivity index (χ1v) is 7.18. The lowest BCUT2D eigenvalue weighted by Crippen LogP contribution is -2.33. The van der Waals surface area contributed by atoms with E-state index in [0.29, 0.717) is 5.92 Å². The standard InChI is InChI=1S/C14H15N2O2S/c1-3-10(2)14-16(11-4-5-17-8-11)7-12(18-14)13-6-15-9-19-13/h4-6,8-10,14H,3H2,1-2H3. The van der Waals surface area contributed by atoms with Crippen molar-refractivity contribution in [3.63, 3.8) is 0 Å². The van der Waals surface area contributed by atoms with Gasteiger partial charge in [0.25, 0.3) is 0 Å². The van der Waals surface area contributed by atoms with Gasteiger partial charge in [0.15, 0.2) is 12.0 Å². The van der Waals surface area contributed by atoms with Gasteiger partial charge in [0.2, 0.25) is 0 Å². The van der Waals surface area contributed by atoms with E-state index < -0.39 is 0 Å². The molecular weight excluding hydrogens is 260 g/mol. The van der Waals surface area contributed by atoms with Gasteiger partial charge in [-0.05, 0) is 6.42 Å². The molecule has 1 aliphatic heterocycles. The van der Waals surface area contributed by atoms with Crippen LogP contribution in [0.25, 0.3) is 5.76 Å². The monoisotopic (exact) mass is 275 g/mol. The Hall–Kier alpha value is -1.75. The molecule has 2 atom stereocenters. The van der Waals surface area contributed by atoms with Crippen LogP contribution in [0.1, 0.15) is 25.1 Å². The first-order chi connectivity index (χ1) is 9.29. The molecule has 0 aliphatic carbocycles. The van der Waals surface area contributed by atoms with Crippen molar-refractivity contribution in [1.82, 2.24) is 4.98 Å². The Morgan fingerprint density at radius 1 is 1.58 bits per heavy atom. The number of anilines is 1. The molecule has 0 aromatic carbocycles. The van der Waals surface area contributed by atoms with Crippen LogP contribution >= 0.6 is 11.3 Å². The van der Waals surface area contributed by atoms with Crippen molar-refractivity contribution in [2.75, 3.05) is 4.90 Å². The van der Waals surface area contributed by atoms with Crippen LogP contribution in [0.5, 0.6) is 0 Å². The average molecular weight is 275 g/mol. The van der Waals surface area contributed by atoms with Gasteiger partial charge < -0.3 is 9.15 Å². The lowest BCUT2D eigenvalue weighted by molar-refractivity contribution is 0.132. The second-order valence-electron chi connectivity index (χ2n) is 4.55. The van der Waals surface area contributed by atoms with Gasteiger partial charge in [-0.15, -0.1) is 11.3 Å². The molecule has 1 aliphatic rings. The maximum Gasteiger partial charge on any atom is 0.179 e. The van der Waals surface area contributed by atoms with Crippen LogP contribution in [0.3, 0.4) is 0 Å². The molecule has 2 aromatic heterocycles. The number of hydrogen-bond donors (Lipinski definition) is 0. The Morgan fingerprint density at radius 2 is 2.47 bits per heavy atom. The van der Waals surface area contributed by atoms with Crippen LogP contribution in [0, 0.1) is 12.1 Å². The minimum Gasteiger partial charge on any atom is -0.470 e. The van der Waals surface area contributed by atoms with Gasteiger partial charge in [0.05, 0.1) is 22.3 Å². The number of ether oxygens (including phenoxy) is 1. The third-order valence-electron chi connectivity index (χ3n) is 3.29. The Bertz CT molecular complexity index is 548. The van der Waals surface area contributed by atoms with Crippen LogP contribution in [-0.4, -0.2) is 11.2 Å². The summed E-state index contributed by atoms with van der Waals surface area (Å²) in [6, 6.07) is 1.92. The van der Waals surface area contributed by atoms with Crippen molar-refractivity contribution in [1.29, 1.82) is 0 Å². The highest BCUT2D eigenvalue weighted by Gasteiger charge is 2.33. The van der Waals surface area contributed by atoms with Crippen molar-refractivity contribution in [2.24, 2.45) is 5.92 Å². The zero-order chi connectivity index (χ0) is 13.2. The highest BCUT2D eigenvalue weighted by Crippen LogP contribution is 2.35. The number of thiazole rings is 1. The summed E-state index contributed by atoms with van der Waals surface area (Å²) in [7, 11) is 0. The van der Waals surface area contributed by atoms with E-state index in [1.165, 1.54) is 0 Å². The normalized spacial score (nSPS) is 20.2. The smallest absolute Gasteiger partial charge is 0.179 e. The molecule has 0 bridgehead atoms. The fourth-order valence-corrected chi connectivity index (χ4v) is 2.55. The van der Waals surface area contributed by atoms with Crippen LogP contribution in [-0.2, 0) is 4.74 Å². The molecule has 3 rings (SSSR count). The van der Waals surface area contributed by atoms with Crippen LogP contribution < -0.4 is 4.90 Å². The third kappa shape index (κ3) is 2.26. The number of hydrogen-bond acceptors (Lipinski definition) is 5. The molecule has 0 N–H and O–H groups in total. The maximum absolute atomic E-state index is 6.06. The van der Waals surface area contributed by atoms with Crippen molar-refractivity contribution >= 4 is 22.8 Å². The first-order valence-electron chi connectivity index (χ1n) is 6.30. The summed E-state index contributed by atoms with van der Waals surface area (Å²) in [6.45, 7) is 4.33. The summed E-state index contributed by atoms with van der Waals surface area (Å²) in [6.07, 6.45) is 9.47. The molecule has 0 saturated heterocycles. The van der Waals surface area contributed by atoms with E-state index in [4.69, 9.17) is 9.15 Å². The van der Waals surface area contributed by atoms with Crippen molar-refractivity contribution < 1.29 is 9.15 Å². The predicted molar refractivity (Wildman–Crippen MR) is 74.3 cm³/mol. The van der Waals surface area contributed by atoms with Gasteiger partial charge >= 0.3 is 0 Å². The molecule has 2 aromatic rings. The molecule has 0 saturated carbocycles. The van der Waals surface area contributed by atoms with Gasteiger partial charge in [-0.3, -0.25) is 9.88 Å². The van der Waals surface area contributed by atoms with Crippen LogP contribution in [0.15, 0.2) is 34.7 Å². The van der Waals surface area contributed by atoms with E-state index in [1.807, 2.05) is 11.0 Å². The molecule has 2 unspecified atom stereocenters. The van der Waals surface area contributed by atoms with Gasteiger partial charge in [-0.2, -0.15) is 0 Å². The van der Waals surface area contributed by atoms with Crippen LogP contribution in [0.4, 0.5) is 5.69 Å². The molecule has 0 amide bonds. The molecule has 5 heteroatoms. The molecule has 1 radical (unpaired) electrons. The second kappa shape index (κ2) is 5.09. The lowest BCUT2D eigenvalue weighted by atomic mass is 10.1. The Labute approximate surface area is 116 Å². The van der Waals surface area contributed by atoms with E-state index in [1.54, 1.807) is 35.6 Å². The Kier molecular flexibility index (Phi) is 3.29. The molecule has 99 valence electrons. The summed E-state index contributed by atoms with van der Waals surface area (Å²) >= 11 is 1.56. The fraction of sp³-hybridized carbons (Fsp3) is 0.357. The van der Waals surface area contributed by atoms with Crippen molar-refractivity contribution in [2.45, 2.75) is 26.5 Å². The van der Waals surface area contributed by atoms with E-state index in [-0.39, 0.29) is 6.23 Å². The SMILES string of the molecule is CCC(C)C1OC(c2cncs2)=[C]N1c1ccoc1. The van der Waals surface area contributed by atoms with Gasteiger partial charge in [0.1, 0.15) is 12.5 Å². The quantitative estimate of drug-likeness (QED) is 0.852. The average Bonchev–Trinajstić information content (AvgIpc) is 3.14. The van der Waals surface area contributed by atoms with Crippen LogP contribution in [0.2, 0.25) is 0 Å². The van der Waals surface area contributed by atoms with E-state index in [0.717, 1.165) is 22.7 Å². The molecule has 19 heavy (non-hydrogen) atoms. The summed E-state index contributed by atoms with van der Waals surface area (Å²) in [5.74, 6) is 1.15. The van der Waals surface area contributed by atoms with E-state index >= 15 is 0 Å². The third-order valence-corrected chi connectivity index (χ3v) is 4.06. The molecular formula is C14H15N2O2S. The number of aromatic nitrogens is 1. The molecule has 0 spiro atoms. The minimum atomic E-state index is -0.0419. The Morgan fingerprint density at radius 3 is 3.11 bits per heavy atom. The number of nitrogens with zero attached hydrogens (tertiary/aromatic N) is 2. The highest BCUT2D eigenvalue weighted by atomic mass is 32.1. The topological polar surface area (TPSA) is 38.5 Å². The summed E-state index contributed by atoms with van der Waals surface area (Å²) in [5.41, 5.74) is 2.76. The Balaban J connectivity index is 1.92. The number of furan rings is 1. The van der Waals surface area contributed by atoms with E-state index in [9.17, 15) is 0 Å². The van der Waals surface area contributed by atoms with Crippen molar-refractivity contribution in [3.05, 3.63) is 41.4 Å². The zero-order valence-corrected chi connectivity index (χ0v) is 11.7. The lowest BCUT2D eigenvalue weighted by Gasteiger charge is -2.27. The second-order valence-corrected chi connectivity index (χ2v) is 5.44. The summed E-state index contributed by atoms with van der Waals surface area (Å²) in [5, 5.41) is 0. The molecule has 4 nitrogen and oxygen atoms in total. The summed E-state index contributed by atoms with van der Waals surface area (Å²) < 4.78 is 11.2. The fourth-order valence-electron chi connectivity index (χ4n) is 1.99. The predicted octanol–water partition coefficient (Wildman–Crippen LogP) is 3.75. The summed E-state index contributed by atoms with van der Waals surface area (Å²) in [4.78, 5) is 7.09. The largest absolute Gasteiger partial charge is 0.470 e. The zero-order valence-electron chi connectivity index (χ0n) is 10.9. The van der Waals surface area contributed by atoms with Gasteiger partial charge in [0, 0.05) is 18.2 Å². The highest BCUT2D eigenvalue weighted by molar-refractivity contribution is 7.10. The molecule has 0 fully saturated rings. The minimum absolute atomic E-state index is 0.0419. The van der Waals surface area contributed by atoms with E-state index in [2.05, 4.69) is 25.0 Å². The number of rotatable bonds is 4. The maximum atomic E-state index is 6.06.